The normalized spacial score (nSPS) is 18.2. The monoisotopic (exact) mass is 529 g/mol. The first kappa shape index (κ1) is 25.7. The van der Waals surface area contributed by atoms with Crippen LogP contribution in [0.15, 0.2) is 108 Å². The molecule has 8 heteroatoms. The Morgan fingerprint density at radius 3 is 2.13 bits per heavy atom. The molecule has 0 unspecified atom stereocenters. The topological polar surface area (TPSA) is 115 Å². The third-order valence-electron chi connectivity index (χ3n) is 7.01. The second-order valence-corrected chi connectivity index (χ2v) is 10.7. The number of benzene rings is 4. The smallest absolute Gasteiger partial charge is 0.295 e. The van der Waals surface area contributed by atoms with Crippen LogP contribution in [-0.4, -0.2) is 29.1 Å². The van der Waals surface area contributed by atoms with Crippen molar-refractivity contribution in [2.24, 2.45) is 5.92 Å². The number of phenols is 1. The number of aromatic hydroxyl groups is 1. The molecule has 1 aliphatic rings. The molecular formula is C30H27NO6S. The van der Waals surface area contributed by atoms with Crippen LogP contribution in [0.1, 0.15) is 36.1 Å². The maximum absolute atomic E-state index is 13.3. The predicted octanol–water partition coefficient (Wildman–Crippen LogP) is 5.52. The van der Waals surface area contributed by atoms with Gasteiger partial charge in [0.05, 0.1) is 18.1 Å². The molecule has 0 radical (unpaired) electrons. The number of amides is 1. The molecule has 4 aromatic carbocycles. The largest absolute Gasteiger partial charge is 0.508 e. The Hall–Kier alpha value is -3.98. The van der Waals surface area contributed by atoms with Crippen LogP contribution in [0.3, 0.4) is 0 Å². The van der Waals surface area contributed by atoms with E-state index in [0.29, 0.717) is 29.7 Å². The first-order valence-electron chi connectivity index (χ1n) is 12.3. The van der Waals surface area contributed by atoms with Gasteiger partial charge in [-0.05, 0) is 48.2 Å². The van der Waals surface area contributed by atoms with Crippen molar-refractivity contribution in [1.82, 2.24) is 0 Å². The number of β-lactam (4-membered cyclic amide) rings is 1. The minimum absolute atomic E-state index is 0.0957. The summed E-state index contributed by atoms with van der Waals surface area (Å²) in [5.41, 5.74) is 2.65. The molecule has 1 heterocycles. The first-order chi connectivity index (χ1) is 18.3. The third-order valence-corrected chi connectivity index (χ3v) is 7.92. The molecular weight excluding hydrogens is 502 g/mol. The fraction of sp³-hybridized carbons (Fsp3) is 0.167. The number of hydrogen-bond acceptors (Lipinski definition) is 5. The first-order valence-corrected chi connectivity index (χ1v) is 13.7. The van der Waals surface area contributed by atoms with E-state index < -0.39 is 28.2 Å². The van der Waals surface area contributed by atoms with Crippen molar-refractivity contribution in [2.75, 3.05) is 4.90 Å². The molecule has 4 aromatic rings. The summed E-state index contributed by atoms with van der Waals surface area (Å²) in [5, 5.41) is 21.8. The zero-order valence-corrected chi connectivity index (χ0v) is 21.2. The van der Waals surface area contributed by atoms with Gasteiger partial charge in [-0.3, -0.25) is 9.35 Å². The number of aliphatic hydroxyl groups is 1. The number of hydrogen-bond donors (Lipinski definition) is 3. The van der Waals surface area contributed by atoms with Crippen molar-refractivity contribution >= 4 is 21.7 Å². The van der Waals surface area contributed by atoms with Gasteiger partial charge in [0.15, 0.2) is 0 Å². The number of anilines is 1. The lowest BCUT2D eigenvalue weighted by atomic mass is 9.77. The van der Waals surface area contributed by atoms with E-state index in [4.69, 9.17) is 0 Å². The summed E-state index contributed by atoms with van der Waals surface area (Å²) < 4.78 is 33.4. The summed E-state index contributed by atoms with van der Waals surface area (Å²) >= 11 is 0. The van der Waals surface area contributed by atoms with E-state index in [9.17, 15) is 28.0 Å². The molecule has 5 rings (SSSR count). The third kappa shape index (κ3) is 4.93. The molecule has 1 aliphatic heterocycles. The summed E-state index contributed by atoms with van der Waals surface area (Å²) in [7, 11) is -4.47. The van der Waals surface area contributed by atoms with Gasteiger partial charge in [-0.25, -0.2) is 0 Å². The number of carbonyl (C=O) groups is 1. The summed E-state index contributed by atoms with van der Waals surface area (Å²) in [5.74, 6) is -0.656. The summed E-state index contributed by atoms with van der Waals surface area (Å²) in [6, 6.07) is 28.8. The van der Waals surface area contributed by atoms with Crippen molar-refractivity contribution in [1.29, 1.82) is 0 Å². The van der Waals surface area contributed by atoms with Gasteiger partial charge in [0.25, 0.3) is 10.1 Å². The molecule has 194 valence electrons. The van der Waals surface area contributed by atoms with Gasteiger partial charge < -0.3 is 15.1 Å². The molecule has 0 aromatic heterocycles. The molecule has 1 fully saturated rings. The van der Waals surface area contributed by atoms with E-state index in [1.807, 2.05) is 60.7 Å². The highest BCUT2D eigenvalue weighted by Gasteiger charge is 2.49. The number of rotatable bonds is 8. The SMILES string of the molecule is O=C1[C@H](CC[C@H](O)c2ccccc2)[C@@H](c2ccc(-c3ccccc3S(=O)(=O)O)cc2O)N1c1ccccc1. The highest BCUT2D eigenvalue weighted by molar-refractivity contribution is 7.86. The number of phenolic OH excluding ortho intramolecular Hbond substituents is 1. The van der Waals surface area contributed by atoms with Crippen LogP contribution in [0.4, 0.5) is 5.69 Å². The van der Waals surface area contributed by atoms with E-state index in [1.165, 1.54) is 18.2 Å². The lowest BCUT2D eigenvalue weighted by Crippen LogP contribution is -2.55. The van der Waals surface area contributed by atoms with Gasteiger partial charge in [0.1, 0.15) is 10.6 Å². The molecule has 38 heavy (non-hydrogen) atoms. The number of aliphatic hydroxyl groups excluding tert-OH is 1. The Morgan fingerprint density at radius 1 is 0.842 bits per heavy atom. The number of para-hydroxylation sites is 1. The van der Waals surface area contributed by atoms with Gasteiger partial charge >= 0.3 is 0 Å². The Balaban J connectivity index is 1.48. The van der Waals surface area contributed by atoms with Crippen molar-refractivity contribution < 1.29 is 28.0 Å². The second kappa shape index (κ2) is 10.4. The summed E-state index contributed by atoms with van der Waals surface area (Å²) in [6.45, 7) is 0. The van der Waals surface area contributed by atoms with Crippen LogP contribution < -0.4 is 4.90 Å². The molecule has 7 nitrogen and oxygen atoms in total. The fourth-order valence-corrected chi connectivity index (χ4v) is 5.85. The summed E-state index contributed by atoms with van der Waals surface area (Å²) in [6.07, 6.45) is 0.0684. The van der Waals surface area contributed by atoms with Crippen molar-refractivity contribution in [3.8, 4) is 16.9 Å². The fourth-order valence-electron chi connectivity index (χ4n) is 5.13. The van der Waals surface area contributed by atoms with E-state index in [0.717, 1.165) is 5.56 Å². The molecule has 0 bridgehead atoms. The minimum atomic E-state index is -4.47. The number of nitrogens with zero attached hydrogens (tertiary/aromatic N) is 1. The lowest BCUT2D eigenvalue weighted by Gasteiger charge is -2.48. The molecule has 3 N–H and O–H groups in total. The molecule has 1 amide bonds. The van der Waals surface area contributed by atoms with Gasteiger partial charge in [-0.15, -0.1) is 0 Å². The maximum Gasteiger partial charge on any atom is 0.295 e. The maximum atomic E-state index is 13.3. The average Bonchev–Trinajstić information content (AvgIpc) is 2.92. The molecule has 0 aliphatic carbocycles. The van der Waals surface area contributed by atoms with E-state index in [1.54, 1.807) is 29.2 Å². The van der Waals surface area contributed by atoms with E-state index in [-0.39, 0.29) is 22.1 Å². The van der Waals surface area contributed by atoms with Crippen molar-refractivity contribution in [3.05, 3.63) is 114 Å². The average molecular weight is 530 g/mol. The van der Waals surface area contributed by atoms with Crippen molar-refractivity contribution in [3.63, 3.8) is 0 Å². The van der Waals surface area contributed by atoms with Crippen LogP contribution in [0.2, 0.25) is 0 Å². The predicted molar refractivity (Wildman–Crippen MR) is 144 cm³/mol. The zero-order chi connectivity index (χ0) is 26.9. The number of carbonyl (C=O) groups excluding carboxylic acids is 1. The van der Waals surface area contributed by atoms with Crippen molar-refractivity contribution in [2.45, 2.75) is 29.9 Å². The minimum Gasteiger partial charge on any atom is -0.508 e. The highest BCUT2D eigenvalue weighted by Crippen LogP contribution is 2.49. The van der Waals surface area contributed by atoms with Crippen LogP contribution in [0.5, 0.6) is 5.75 Å². The molecule has 1 saturated heterocycles. The molecule has 0 saturated carbocycles. The standard InChI is InChI=1S/C30H27NO6S/c32-26(20-9-3-1-4-10-20)18-17-25-29(31(30(25)34)22-11-5-2-6-12-22)24-16-15-21(19-27(24)33)23-13-7-8-14-28(23)38(35,36)37/h1-16,19,25-26,29,32-33H,17-18H2,(H,35,36,37)/t25-,26+,29-/m1/s1. The Labute approximate surface area is 221 Å². The highest BCUT2D eigenvalue weighted by atomic mass is 32.2. The van der Waals surface area contributed by atoms with Crippen LogP contribution in [0.25, 0.3) is 11.1 Å². The zero-order valence-electron chi connectivity index (χ0n) is 20.4. The van der Waals surface area contributed by atoms with Gasteiger partial charge in [0.2, 0.25) is 5.91 Å². The summed E-state index contributed by atoms with van der Waals surface area (Å²) in [4.78, 5) is 14.7. The van der Waals surface area contributed by atoms with Crippen LogP contribution in [0, 0.1) is 5.92 Å². The Morgan fingerprint density at radius 2 is 1.47 bits per heavy atom. The lowest BCUT2D eigenvalue weighted by molar-refractivity contribution is -0.131. The van der Waals surface area contributed by atoms with E-state index in [2.05, 4.69) is 0 Å². The van der Waals surface area contributed by atoms with Gasteiger partial charge in [-0.2, -0.15) is 8.42 Å². The van der Waals surface area contributed by atoms with Crippen LogP contribution >= 0.6 is 0 Å². The Bertz CT molecular complexity index is 1560. The van der Waals surface area contributed by atoms with E-state index >= 15 is 0 Å². The quantitative estimate of drug-likeness (QED) is 0.204. The second-order valence-electron chi connectivity index (χ2n) is 9.34. The van der Waals surface area contributed by atoms with Gasteiger partial charge in [0, 0.05) is 16.8 Å². The van der Waals surface area contributed by atoms with Crippen LogP contribution in [-0.2, 0) is 14.9 Å². The molecule has 3 atom stereocenters. The van der Waals surface area contributed by atoms with Gasteiger partial charge in [-0.1, -0.05) is 78.9 Å². The Kier molecular flexibility index (Phi) is 7.03. The molecule has 0 spiro atoms.